The van der Waals surface area contributed by atoms with Crippen LogP contribution in [-0.4, -0.2) is 33.1 Å². The predicted octanol–water partition coefficient (Wildman–Crippen LogP) is -0.572. The van der Waals surface area contributed by atoms with Crippen molar-refractivity contribution < 1.29 is 65.6 Å². The number of unbranched alkanes of at least 4 members (excludes halogenated alkanes) is 1. The van der Waals surface area contributed by atoms with E-state index in [0.717, 1.165) is 18.6 Å². The second-order valence-corrected chi connectivity index (χ2v) is 10.5. The van der Waals surface area contributed by atoms with E-state index >= 15 is 0 Å². The summed E-state index contributed by atoms with van der Waals surface area (Å²) in [7, 11) is -8.30. The van der Waals surface area contributed by atoms with Crippen LogP contribution < -0.4 is 39.4 Å². The van der Waals surface area contributed by atoms with Crippen LogP contribution in [0.15, 0.2) is 58.7 Å². The van der Waals surface area contributed by atoms with Crippen molar-refractivity contribution in [2.24, 2.45) is 0 Å². The summed E-state index contributed by atoms with van der Waals surface area (Å²) in [6, 6.07) is 10.8. The SMILES string of the molecule is CCCCS(=O)(=O)Nc1ccc(C2=C(C#N)C(=O)O/C2=C\c2ccc([O-])c(S(=O)(=O)O)c2)cc1.[Na+]. The topological polar surface area (TPSA) is 174 Å². The molecule has 2 aromatic carbocycles. The summed E-state index contributed by atoms with van der Waals surface area (Å²) >= 11 is 0. The molecule has 0 atom stereocenters. The number of ether oxygens (including phenoxy) is 1. The number of carbonyl (C=O) groups excluding carboxylic acids is 1. The number of sulfonamides is 1. The van der Waals surface area contributed by atoms with Gasteiger partial charge < -0.3 is 9.84 Å². The van der Waals surface area contributed by atoms with Crippen LogP contribution in [0.2, 0.25) is 0 Å². The largest absolute Gasteiger partial charge is 1.00 e. The van der Waals surface area contributed by atoms with E-state index in [1.165, 1.54) is 36.4 Å². The van der Waals surface area contributed by atoms with Gasteiger partial charge in [0.2, 0.25) is 10.0 Å². The molecule has 0 aliphatic carbocycles. The molecule has 10 nitrogen and oxygen atoms in total. The van der Waals surface area contributed by atoms with E-state index in [2.05, 4.69) is 4.72 Å². The fourth-order valence-electron chi connectivity index (χ4n) is 3.15. The molecule has 2 aromatic rings. The van der Waals surface area contributed by atoms with Gasteiger partial charge in [0.25, 0.3) is 10.1 Å². The van der Waals surface area contributed by atoms with Gasteiger partial charge >= 0.3 is 35.5 Å². The summed E-state index contributed by atoms with van der Waals surface area (Å²) in [6.07, 6.45) is 2.47. The summed E-state index contributed by atoms with van der Waals surface area (Å²) in [5, 5.41) is 21.2. The maximum Gasteiger partial charge on any atom is 1.00 e. The Balaban J connectivity index is 0.00000432. The summed E-state index contributed by atoms with van der Waals surface area (Å²) in [6.45, 7) is 1.87. The molecule has 0 spiro atoms. The molecular formula is C22H19N2NaO8S2. The summed E-state index contributed by atoms with van der Waals surface area (Å²) < 4.78 is 63.9. The zero-order valence-corrected chi connectivity index (χ0v) is 22.4. The van der Waals surface area contributed by atoms with E-state index in [0.29, 0.717) is 17.7 Å². The van der Waals surface area contributed by atoms with Gasteiger partial charge in [0.05, 0.1) is 10.6 Å². The molecule has 13 heteroatoms. The standard InChI is InChI=1S/C22H20N2O8S2.Na/c1-2-3-10-33(27,28)24-16-7-5-15(6-8-16)21-17(13-23)22(26)32-19(21)11-14-4-9-18(25)20(12-14)34(29,30)31;/h4-9,11-12,24-25H,2-3,10H2,1H3,(H,29,30,31);/q;+1/p-1/b19-11-;. The van der Waals surface area contributed by atoms with E-state index in [4.69, 9.17) is 4.74 Å². The monoisotopic (exact) mass is 526 g/mol. The molecule has 2 N–H and O–H groups in total. The van der Waals surface area contributed by atoms with Crippen molar-refractivity contribution in [2.75, 3.05) is 10.5 Å². The smallest absolute Gasteiger partial charge is 0.872 e. The zero-order chi connectivity index (χ0) is 25.1. The van der Waals surface area contributed by atoms with Gasteiger partial charge in [0.15, 0.2) is 0 Å². The minimum absolute atomic E-state index is 0. The molecule has 35 heavy (non-hydrogen) atoms. The fourth-order valence-corrected chi connectivity index (χ4v) is 5.03. The number of carbonyl (C=O) groups is 1. The summed E-state index contributed by atoms with van der Waals surface area (Å²) in [4.78, 5) is 11.4. The maximum absolute atomic E-state index is 12.2. The number of anilines is 1. The van der Waals surface area contributed by atoms with Crippen molar-refractivity contribution in [3.8, 4) is 11.8 Å². The molecule has 0 radical (unpaired) electrons. The Kier molecular flexibility index (Phi) is 9.29. The molecule has 0 fully saturated rings. The van der Waals surface area contributed by atoms with Crippen molar-refractivity contribution in [3.05, 3.63) is 64.9 Å². The maximum atomic E-state index is 12.2. The third kappa shape index (κ3) is 6.94. The van der Waals surface area contributed by atoms with Crippen LogP contribution in [0.4, 0.5) is 5.69 Å². The first-order valence-electron chi connectivity index (χ1n) is 9.93. The third-order valence-corrected chi connectivity index (χ3v) is 7.02. The first-order valence-corrected chi connectivity index (χ1v) is 13.0. The minimum atomic E-state index is -4.78. The minimum Gasteiger partial charge on any atom is -0.872 e. The molecule has 1 heterocycles. The Morgan fingerprint density at radius 3 is 2.37 bits per heavy atom. The van der Waals surface area contributed by atoms with Crippen LogP contribution in [0.5, 0.6) is 5.75 Å². The van der Waals surface area contributed by atoms with E-state index in [1.54, 1.807) is 6.07 Å². The van der Waals surface area contributed by atoms with Crippen LogP contribution in [0.3, 0.4) is 0 Å². The molecule has 178 valence electrons. The van der Waals surface area contributed by atoms with E-state index in [9.17, 15) is 36.6 Å². The van der Waals surface area contributed by atoms with Crippen molar-refractivity contribution in [1.29, 1.82) is 5.26 Å². The number of hydrogen-bond acceptors (Lipinski definition) is 8. The van der Waals surface area contributed by atoms with Gasteiger partial charge in [-0.25, -0.2) is 13.2 Å². The molecule has 1 aliphatic heterocycles. The van der Waals surface area contributed by atoms with Crippen LogP contribution in [-0.2, 0) is 29.7 Å². The van der Waals surface area contributed by atoms with Crippen LogP contribution in [0.1, 0.15) is 30.9 Å². The van der Waals surface area contributed by atoms with Gasteiger partial charge in [-0.15, -0.1) is 0 Å². The van der Waals surface area contributed by atoms with E-state index in [-0.39, 0.29) is 57.8 Å². The van der Waals surface area contributed by atoms with E-state index in [1.807, 2.05) is 6.92 Å². The van der Waals surface area contributed by atoms with Crippen LogP contribution in [0.25, 0.3) is 11.6 Å². The molecule has 0 bridgehead atoms. The molecular weight excluding hydrogens is 507 g/mol. The number of benzene rings is 2. The van der Waals surface area contributed by atoms with Crippen molar-refractivity contribution in [3.63, 3.8) is 0 Å². The van der Waals surface area contributed by atoms with Gasteiger partial charge in [0, 0.05) is 11.3 Å². The van der Waals surface area contributed by atoms with Gasteiger partial charge in [-0.3, -0.25) is 9.27 Å². The normalized spacial score (nSPS) is 14.9. The van der Waals surface area contributed by atoms with E-state index < -0.39 is 36.8 Å². The van der Waals surface area contributed by atoms with Crippen molar-refractivity contribution >= 4 is 43.4 Å². The van der Waals surface area contributed by atoms with Crippen molar-refractivity contribution in [2.45, 2.75) is 24.7 Å². The van der Waals surface area contributed by atoms with Gasteiger partial charge in [-0.05, 0) is 41.8 Å². The molecule has 1 aliphatic rings. The Morgan fingerprint density at radius 1 is 1.14 bits per heavy atom. The number of cyclic esters (lactones) is 1. The summed E-state index contributed by atoms with van der Waals surface area (Å²) in [5.74, 6) is -1.96. The van der Waals surface area contributed by atoms with Crippen molar-refractivity contribution in [1.82, 2.24) is 0 Å². The number of nitrogens with zero attached hydrogens (tertiary/aromatic N) is 1. The molecule has 0 amide bonds. The Morgan fingerprint density at radius 2 is 1.80 bits per heavy atom. The quantitative estimate of drug-likeness (QED) is 0.259. The number of nitriles is 1. The van der Waals surface area contributed by atoms with Crippen LogP contribution >= 0.6 is 0 Å². The number of hydrogen-bond donors (Lipinski definition) is 2. The fraction of sp³-hybridized carbons (Fsp3) is 0.182. The van der Waals surface area contributed by atoms with Gasteiger partial charge in [-0.1, -0.05) is 43.4 Å². The second kappa shape index (κ2) is 11.4. The molecule has 0 unspecified atom stereocenters. The number of allylic oxidation sites excluding steroid dienone is 1. The number of esters is 1. The predicted molar refractivity (Wildman–Crippen MR) is 121 cm³/mol. The number of nitrogens with one attached hydrogen (secondary N) is 1. The first kappa shape index (κ1) is 28.6. The molecule has 0 saturated heterocycles. The Bertz CT molecular complexity index is 1460. The zero-order valence-electron chi connectivity index (χ0n) is 18.8. The average molecular weight is 527 g/mol. The van der Waals surface area contributed by atoms with Gasteiger partial charge in [-0.2, -0.15) is 13.7 Å². The summed E-state index contributed by atoms with van der Waals surface area (Å²) in [5.41, 5.74) is 0.566. The first-order chi connectivity index (χ1) is 15.9. The Labute approximate surface area is 225 Å². The molecule has 3 rings (SSSR count). The Hall–Kier alpha value is -2.66. The third-order valence-electron chi connectivity index (χ3n) is 4.77. The van der Waals surface area contributed by atoms with Crippen LogP contribution in [0, 0.1) is 11.3 Å². The molecule has 0 saturated carbocycles. The molecule has 0 aromatic heterocycles. The van der Waals surface area contributed by atoms with Gasteiger partial charge in [0.1, 0.15) is 17.4 Å². The number of rotatable bonds is 8. The average Bonchev–Trinajstić information content (AvgIpc) is 3.07. The second-order valence-electron chi connectivity index (χ2n) is 7.29.